The van der Waals surface area contributed by atoms with Gasteiger partial charge in [0.15, 0.2) is 11.5 Å². The fraction of sp³-hybridized carbons (Fsp3) is 0.312. The van der Waals surface area contributed by atoms with Gasteiger partial charge in [-0.15, -0.1) is 0 Å². The van der Waals surface area contributed by atoms with Crippen molar-refractivity contribution < 1.29 is 17.9 Å². The number of benzene rings is 1. The first kappa shape index (κ1) is 17.5. The maximum absolute atomic E-state index is 13.3. The monoisotopic (exact) mass is 412 g/mol. The van der Waals surface area contributed by atoms with Crippen molar-refractivity contribution in [3.63, 3.8) is 0 Å². The van der Waals surface area contributed by atoms with Crippen LogP contribution in [0.2, 0.25) is 0 Å². The summed E-state index contributed by atoms with van der Waals surface area (Å²) in [5, 5.41) is 11.8. The molecule has 3 rings (SSSR count). The number of anilines is 1. The van der Waals surface area contributed by atoms with Crippen LogP contribution in [-0.4, -0.2) is 17.1 Å². The van der Waals surface area contributed by atoms with Crippen LogP contribution in [0.1, 0.15) is 35.0 Å². The summed E-state index contributed by atoms with van der Waals surface area (Å²) in [6.45, 7) is 0. The summed E-state index contributed by atoms with van der Waals surface area (Å²) in [6.07, 6.45) is -3.39. The summed E-state index contributed by atoms with van der Waals surface area (Å²) >= 11 is 3.46. The quantitative estimate of drug-likeness (QED) is 0.816. The van der Waals surface area contributed by atoms with Gasteiger partial charge in [-0.2, -0.15) is 23.4 Å². The molecular formula is C16H12BrF3N4O. The lowest BCUT2D eigenvalue weighted by atomic mass is 10.1. The molecule has 1 aliphatic rings. The van der Waals surface area contributed by atoms with Crippen LogP contribution >= 0.6 is 15.9 Å². The van der Waals surface area contributed by atoms with Crippen molar-refractivity contribution in [2.75, 3.05) is 12.4 Å². The molecule has 0 amide bonds. The first-order chi connectivity index (χ1) is 11.8. The van der Waals surface area contributed by atoms with E-state index in [1.54, 1.807) is 6.07 Å². The molecule has 25 heavy (non-hydrogen) atoms. The zero-order chi connectivity index (χ0) is 18.2. The Morgan fingerprint density at radius 1 is 1.36 bits per heavy atom. The van der Waals surface area contributed by atoms with Gasteiger partial charge in [0, 0.05) is 4.47 Å². The van der Waals surface area contributed by atoms with Crippen LogP contribution in [0, 0.1) is 11.3 Å². The predicted molar refractivity (Wildman–Crippen MR) is 87.1 cm³/mol. The highest BCUT2D eigenvalue weighted by Gasteiger charge is 2.39. The number of halogens is 4. The van der Waals surface area contributed by atoms with Gasteiger partial charge in [-0.1, -0.05) is 28.1 Å². The van der Waals surface area contributed by atoms with E-state index >= 15 is 0 Å². The molecule has 0 saturated carbocycles. The molecule has 0 spiro atoms. The number of hydrogen-bond acceptors (Lipinski definition) is 5. The Kier molecular flexibility index (Phi) is 4.56. The molecule has 1 aromatic carbocycles. The Morgan fingerprint density at radius 3 is 2.76 bits per heavy atom. The standard InChI is InChI=1S/C16H12BrF3N4O/c1-25-15-12(7-21)22-13(16(18,19)20)14(24-15)23-11-6-5-8-9(11)3-2-4-10(8)17/h2-4,11H,5-6H2,1H3,(H,23,24). The zero-order valence-electron chi connectivity index (χ0n) is 13.0. The third kappa shape index (κ3) is 3.26. The van der Waals surface area contributed by atoms with E-state index in [0.717, 1.165) is 22.0 Å². The molecule has 5 nitrogen and oxygen atoms in total. The van der Waals surface area contributed by atoms with Gasteiger partial charge in [0.25, 0.3) is 5.88 Å². The number of nitrogens with zero attached hydrogens (tertiary/aromatic N) is 3. The Labute approximate surface area is 150 Å². The van der Waals surface area contributed by atoms with Crippen molar-refractivity contribution in [2.24, 2.45) is 0 Å². The second kappa shape index (κ2) is 6.52. The van der Waals surface area contributed by atoms with E-state index < -0.39 is 23.4 Å². The number of ether oxygens (including phenoxy) is 1. The first-order valence-electron chi connectivity index (χ1n) is 7.32. The number of aromatic nitrogens is 2. The van der Waals surface area contributed by atoms with E-state index in [1.807, 2.05) is 18.2 Å². The van der Waals surface area contributed by atoms with Gasteiger partial charge in [-0.05, 0) is 30.0 Å². The van der Waals surface area contributed by atoms with E-state index in [0.29, 0.717) is 6.42 Å². The van der Waals surface area contributed by atoms with E-state index in [1.165, 1.54) is 7.11 Å². The van der Waals surface area contributed by atoms with Crippen molar-refractivity contribution in [1.82, 2.24) is 9.97 Å². The van der Waals surface area contributed by atoms with Crippen LogP contribution in [-0.2, 0) is 12.6 Å². The predicted octanol–water partition coefficient (Wildman–Crippen LogP) is 4.24. The molecule has 2 aromatic rings. The minimum Gasteiger partial charge on any atom is -0.479 e. The highest BCUT2D eigenvalue weighted by Crippen LogP contribution is 2.40. The summed E-state index contributed by atoms with van der Waals surface area (Å²) < 4.78 is 45.8. The molecular weight excluding hydrogens is 401 g/mol. The molecule has 1 aliphatic carbocycles. The second-order valence-electron chi connectivity index (χ2n) is 5.43. The molecule has 1 unspecified atom stereocenters. The van der Waals surface area contributed by atoms with E-state index in [9.17, 15) is 13.2 Å². The number of nitriles is 1. The van der Waals surface area contributed by atoms with Crippen LogP contribution in [0.5, 0.6) is 5.88 Å². The molecule has 1 N–H and O–H groups in total. The van der Waals surface area contributed by atoms with Crippen LogP contribution < -0.4 is 10.1 Å². The molecule has 1 heterocycles. The fourth-order valence-corrected chi connectivity index (χ4v) is 3.44. The molecule has 0 radical (unpaired) electrons. The molecule has 1 atom stereocenters. The minimum atomic E-state index is -4.74. The summed E-state index contributed by atoms with van der Waals surface area (Å²) in [5.74, 6) is -0.688. The maximum Gasteiger partial charge on any atom is 0.437 e. The Morgan fingerprint density at radius 2 is 2.12 bits per heavy atom. The molecule has 130 valence electrons. The molecule has 0 aliphatic heterocycles. The third-order valence-corrected chi connectivity index (χ3v) is 4.70. The molecule has 9 heteroatoms. The summed E-state index contributed by atoms with van der Waals surface area (Å²) in [4.78, 5) is 7.24. The maximum atomic E-state index is 13.3. The van der Waals surface area contributed by atoms with Gasteiger partial charge in [0.2, 0.25) is 5.69 Å². The number of nitrogens with one attached hydrogen (secondary N) is 1. The van der Waals surface area contributed by atoms with Gasteiger partial charge >= 0.3 is 6.18 Å². The smallest absolute Gasteiger partial charge is 0.437 e. The molecule has 0 bridgehead atoms. The first-order valence-corrected chi connectivity index (χ1v) is 8.11. The van der Waals surface area contributed by atoms with Gasteiger partial charge in [0.1, 0.15) is 6.07 Å². The Hall–Kier alpha value is -2.34. The lowest BCUT2D eigenvalue weighted by Crippen LogP contribution is -2.18. The van der Waals surface area contributed by atoms with Crippen molar-refractivity contribution in [3.8, 4) is 11.9 Å². The van der Waals surface area contributed by atoms with Crippen LogP contribution in [0.3, 0.4) is 0 Å². The van der Waals surface area contributed by atoms with Crippen LogP contribution in [0.15, 0.2) is 22.7 Å². The fourth-order valence-electron chi connectivity index (χ4n) is 2.86. The van der Waals surface area contributed by atoms with Crippen LogP contribution in [0.25, 0.3) is 0 Å². The topological polar surface area (TPSA) is 70.8 Å². The van der Waals surface area contributed by atoms with Crippen LogP contribution in [0.4, 0.5) is 19.0 Å². The number of alkyl halides is 3. The van der Waals surface area contributed by atoms with Crippen molar-refractivity contribution in [1.29, 1.82) is 5.26 Å². The second-order valence-corrected chi connectivity index (χ2v) is 6.29. The van der Waals surface area contributed by atoms with E-state index in [4.69, 9.17) is 10.00 Å². The van der Waals surface area contributed by atoms with Crippen molar-refractivity contribution in [3.05, 3.63) is 45.2 Å². The Balaban J connectivity index is 2.04. The number of fused-ring (bicyclic) bond motifs is 1. The SMILES string of the molecule is COc1nc(NC2CCc3c(Br)cccc32)c(C(F)(F)F)nc1C#N. The zero-order valence-corrected chi connectivity index (χ0v) is 14.6. The number of rotatable bonds is 3. The van der Waals surface area contributed by atoms with Gasteiger partial charge in [-0.25, -0.2) is 4.98 Å². The van der Waals surface area contributed by atoms with Gasteiger partial charge in [-0.3, -0.25) is 0 Å². The van der Waals surface area contributed by atoms with Crippen molar-refractivity contribution >= 4 is 21.7 Å². The summed E-state index contributed by atoms with van der Waals surface area (Å²) in [6, 6.07) is 6.83. The highest BCUT2D eigenvalue weighted by atomic mass is 79.9. The third-order valence-electron chi connectivity index (χ3n) is 3.96. The molecule has 1 aromatic heterocycles. The number of methoxy groups -OCH3 is 1. The summed E-state index contributed by atoms with van der Waals surface area (Å²) in [5.41, 5.74) is 0.234. The average Bonchev–Trinajstić information content (AvgIpc) is 2.98. The van der Waals surface area contributed by atoms with E-state index in [2.05, 4.69) is 31.2 Å². The highest BCUT2D eigenvalue weighted by molar-refractivity contribution is 9.10. The lowest BCUT2D eigenvalue weighted by molar-refractivity contribution is -0.140. The van der Waals surface area contributed by atoms with Gasteiger partial charge < -0.3 is 10.1 Å². The Bertz CT molecular complexity index is 864. The largest absolute Gasteiger partial charge is 0.479 e. The summed E-state index contributed by atoms with van der Waals surface area (Å²) in [7, 11) is 1.23. The lowest BCUT2D eigenvalue weighted by Gasteiger charge is -2.19. The minimum absolute atomic E-state index is 0.245. The number of hydrogen-bond donors (Lipinski definition) is 1. The van der Waals surface area contributed by atoms with E-state index in [-0.39, 0.29) is 11.9 Å². The molecule has 0 saturated heterocycles. The van der Waals surface area contributed by atoms with Crippen molar-refractivity contribution in [2.45, 2.75) is 25.1 Å². The normalized spacial score (nSPS) is 16.2. The molecule has 0 fully saturated rings. The van der Waals surface area contributed by atoms with Gasteiger partial charge in [0.05, 0.1) is 13.2 Å². The average molecular weight is 413 g/mol.